The number of carbonyl (C=O) groups excluding carboxylic acids is 1. The average Bonchev–Trinajstić information content (AvgIpc) is 2.68. The highest BCUT2D eigenvalue weighted by Crippen LogP contribution is 2.25. The summed E-state index contributed by atoms with van der Waals surface area (Å²) in [4.78, 5) is 36.6. The molecule has 27 heavy (non-hydrogen) atoms. The monoisotopic (exact) mass is 363 g/mol. The quantitative estimate of drug-likeness (QED) is 0.649. The second kappa shape index (κ2) is 6.60. The summed E-state index contributed by atoms with van der Waals surface area (Å²) in [6, 6.07) is 11.5. The van der Waals surface area contributed by atoms with Crippen LogP contribution in [0.1, 0.15) is 22.3 Å². The van der Waals surface area contributed by atoms with E-state index in [9.17, 15) is 19.5 Å². The predicted octanol–water partition coefficient (Wildman–Crippen LogP) is 3.14. The SMILES string of the molecule is O=C(O)c1cn(C(=O)Nc2ccc3c(c2)NCCC3)c2ccccc2c1=O. The summed E-state index contributed by atoms with van der Waals surface area (Å²) < 4.78 is 1.16. The molecule has 0 radical (unpaired) electrons. The van der Waals surface area contributed by atoms with E-state index >= 15 is 0 Å². The highest BCUT2D eigenvalue weighted by atomic mass is 16.4. The fraction of sp³-hybridized carbons (Fsp3) is 0.150. The maximum atomic E-state index is 12.8. The van der Waals surface area contributed by atoms with Crippen LogP contribution >= 0.6 is 0 Å². The van der Waals surface area contributed by atoms with Gasteiger partial charge in [0, 0.05) is 29.5 Å². The van der Waals surface area contributed by atoms with Crippen LogP contribution in [0.25, 0.3) is 10.9 Å². The molecule has 2 aromatic carbocycles. The van der Waals surface area contributed by atoms with Crippen molar-refractivity contribution in [2.75, 3.05) is 17.2 Å². The molecule has 0 unspecified atom stereocenters. The van der Waals surface area contributed by atoms with E-state index in [0.29, 0.717) is 11.2 Å². The van der Waals surface area contributed by atoms with Gasteiger partial charge in [0.15, 0.2) is 0 Å². The van der Waals surface area contributed by atoms with Gasteiger partial charge in [-0.15, -0.1) is 0 Å². The van der Waals surface area contributed by atoms with Crippen LogP contribution in [-0.2, 0) is 6.42 Å². The Kier molecular flexibility index (Phi) is 4.12. The lowest BCUT2D eigenvalue weighted by molar-refractivity contribution is 0.0695. The van der Waals surface area contributed by atoms with Gasteiger partial charge < -0.3 is 15.7 Å². The van der Waals surface area contributed by atoms with Crippen molar-refractivity contribution in [1.29, 1.82) is 0 Å². The van der Waals surface area contributed by atoms with Crippen LogP contribution < -0.4 is 16.1 Å². The van der Waals surface area contributed by atoms with E-state index in [4.69, 9.17) is 0 Å². The number of hydrogen-bond acceptors (Lipinski definition) is 4. The molecule has 1 aliphatic heterocycles. The number of nitrogens with one attached hydrogen (secondary N) is 2. The first kappa shape index (κ1) is 16.8. The summed E-state index contributed by atoms with van der Waals surface area (Å²) in [5.74, 6) is -1.37. The maximum absolute atomic E-state index is 12.8. The van der Waals surface area contributed by atoms with Crippen LogP contribution in [0.4, 0.5) is 16.2 Å². The number of anilines is 2. The van der Waals surface area contributed by atoms with Crippen molar-refractivity contribution in [2.45, 2.75) is 12.8 Å². The number of pyridine rings is 1. The molecule has 2 heterocycles. The fourth-order valence-electron chi connectivity index (χ4n) is 3.32. The Labute approximate surface area is 154 Å². The third-order valence-corrected chi connectivity index (χ3v) is 4.66. The third-order valence-electron chi connectivity index (χ3n) is 4.66. The zero-order chi connectivity index (χ0) is 19.0. The average molecular weight is 363 g/mol. The summed E-state index contributed by atoms with van der Waals surface area (Å²) in [5.41, 5.74) is 2.06. The van der Waals surface area contributed by atoms with Gasteiger partial charge in [-0.05, 0) is 42.7 Å². The van der Waals surface area contributed by atoms with Crippen molar-refractivity contribution in [2.24, 2.45) is 0 Å². The molecule has 7 heteroatoms. The highest BCUT2D eigenvalue weighted by Gasteiger charge is 2.18. The summed E-state index contributed by atoms with van der Waals surface area (Å²) >= 11 is 0. The molecule has 0 bridgehead atoms. The van der Waals surface area contributed by atoms with E-state index in [1.54, 1.807) is 18.2 Å². The number of aromatic nitrogens is 1. The summed E-state index contributed by atoms with van der Waals surface area (Å²) in [6.07, 6.45) is 3.13. The Bertz CT molecular complexity index is 1130. The second-order valence-electron chi connectivity index (χ2n) is 6.40. The Morgan fingerprint density at radius 2 is 1.96 bits per heavy atom. The van der Waals surface area contributed by atoms with Gasteiger partial charge in [0.1, 0.15) is 5.56 Å². The number of para-hydroxylation sites is 1. The standard InChI is InChI=1S/C20H17N3O4/c24-18-14-5-1-2-6-17(14)23(11-15(18)19(25)26)20(27)22-13-8-7-12-4-3-9-21-16(12)10-13/h1-2,5-8,10-11,21H,3-4,9H2,(H,22,27)(H,25,26). The van der Waals surface area contributed by atoms with Gasteiger partial charge in [0.05, 0.1) is 5.52 Å². The molecule has 1 aromatic heterocycles. The van der Waals surface area contributed by atoms with E-state index in [0.717, 1.165) is 35.8 Å². The number of amides is 1. The maximum Gasteiger partial charge on any atom is 0.341 e. The number of aryl methyl sites for hydroxylation is 1. The van der Waals surface area contributed by atoms with Crippen molar-refractivity contribution >= 4 is 34.3 Å². The number of benzene rings is 2. The van der Waals surface area contributed by atoms with Crippen LogP contribution in [0.3, 0.4) is 0 Å². The van der Waals surface area contributed by atoms with E-state index < -0.39 is 23.0 Å². The smallest absolute Gasteiger partial charge is 0.341 e. The lowest BCUT2D eigenvalue weighted by Gasteiger charge is -2.19. The zero-order valence-corrected chi connectivity index (χ0v) is 14.4. The summed E-state index contributed by atoms with van der Waals surface area (Å²) in [5, 5.41) is 15.6. The molecule has 0 spiro atoms. The Hall–Kier alpha value is -3.61. The van der Waals surface area contributed by atoms with Gasteiger partial charge in [0.25, 0.3) is 0 Å². The van der Waals surface area contributed by atoms with Gasteiger partial charge in [-0.1, -0.05) is 18.2 Å². The first-order valence-corrected chi connectivity index (χ1v) is 8.60. The minimum absolute atomic E-state index is 0.180. The van der Waals surface area contributed by atoms with Gasteiger partial charge in [-0.25, -0.2) is 9.59 Å². The van der Waals surface area contributed by atoms with E-state index in [1.165, 1.54) is 11.6 Å². The number of rotatable bonds is 2. The molecule has 4 rings (SSSR count). The van der Waals surface area contributed by atoms with Crippen LogP contribution in [-0.4, -0.2) is 28.2 Å². The topological polar surface area (TPSA) is 100 Å². The van der Waals surface area contributed by atoms with E-state index in [1.807, 2.05) is 18.2 Å². The molecule has 3 aromatic rings. The van der Waals surface area contributed by atoms with E-state index in [2.05, 4.69) is 10.6 Å². The minimum Gasteiger partial charge on any atom is -0.477 e. The largest absolute Gasteiger partial charge is 0.477 e. The van der Waals surface area contributed by atoms with Crippen molar-refractivity contribution < 1.29 is 14.7 Å². The normalized spacial score (nSPS) is 12.9. The molecule has 1 amide bonds. The van der Waals surface area contributed by atoms with Crippen molar-refractivity contribution in [1.82, 2.24) is 4.57 Å². The molecule has 0 aliphatic carbocycles. The molecule has 0 fully saturated rings. The predicted molar refractivity (Wildman–Crippen MR) is 103 cm³/mol. The Morgan fingerprint density at radius 1 is 1.15 bits per heavy atom. The first-order valence-electron chi connectivity index (χ1n) is 8.60. The number of nitrogens with zero attached hydrogens (tertiary/aromatic N) is 1. The molecule has 1 aliphatic rings. The summed E-state index contributed by atoms with van der Waals surface area (Å²) in [7, 11) is 0. The van der Waals surface area contributed by atoms with Gasteiger partial charge in [-0.3, -0.25) is 9.36 Å². The number of carboxylic acids is 1. The second-order valence-corrected chi connectivity index (χ2v) is 6.40. The number of carboxylic acid groups (broad SMARTS) is 1. The van der Waals surface area contributed by atoms with Crippen LogP contribution in [0, 0.1) is 0 Å². The van der Waals surface area contributed by atoms with Crippen LogP contribution in [0.15, 0.2) is 53.5 Å². The number of aromatic carboxylic acids is 1. The first-order chi connectivity index (χ1) is 13.0. The highest BCUT2D eigenvalue weighted by molar-refractivity contribution is 6.01. The van der Waals surface area contributed by atoms with E-state index in [-0.39, 0.29) is 5.39 Å². The molecule has 3 N–H and O–H groups in total. The fourth-order valence-corrected chi connectivity index (χ4v) is 3.32. The van der Waals surface area contributed by atoms with Gasteiger partial charge >= 0.3 is 12.0 Å². The molecule has 0 saturated heterocycles. The number of carbonyl (C=O) groups is 2. The number of fused-ring (bicyclic) bond motifs is 2. The number of hydrogen-bond donors (Lipinski definition) is 3. The van der Waals surface area contributed by atoms with Gasteiger partial charge in [0.2, 0.25) is 5.43 Å². The zero-order valence-electron chi connectivity index (χ0n) is 14.4. The van der Waals surface area contributed by atoms with Crippen LogP contribution in [0.5, 0.6) is 0 Å². The Balaban J connectivity index is 1.76. The summed E-state index contributed by atoms with van der Waals surface area (Å²) in [6.45, 7) is 0.886. The van der Waals surface area contributed by atoms with Crippen LogP contribution in [0.2, 0.25) is 0 Å². The minimum atomic E-state index is -1.37. The lowest BCUT2D eigenvalue weighted by atomic mass is 10.0. The molecular weight excluding hydrogens is 346 g/mol. The molecular formula is C20H17N3O4. The molecule has 0 atom stereocenters. The van der Waals surface area contributed by atoms with Crippen molar-refractivity contribution in [3.05, 3.63) is 70.0 Å². The van der Waals surface area contributed by atoms with Crippen molar-refractivity contribution in [3.63, 3.8) is 0 Å². The molecule has 136 valence electrons. The molecule has 7 nitrogen and oxygen atoms in total. The third kappa shape index (κ3) is 3.03. The van der Waals surface area contributed by atoms with Gasteiger partial charge in [-0.2, -0.15) is 0 Å². The Morgan fingerprint density at radius 3 is 2.78 bits per heavy atom. The van der Waals surface area contributed by atoms with Crippen molar-refractivity contribution in [3.8, 4) is 0 Å². The lowest BCUT2D eigenvalue weighted by Crippen LogP contribution is -2.25. The molecule has 0 saturated carbocycles.